The van der Waals surface area contributed by atoms with Crippen molar-refractivity contribution in [2.75, 3.05) is 13.7 Å². The molecule has 1 aliphatic heterocycles. The Morgan fingerprint density at radius 1 is 1.47 bits per heavy atom. The predicted octanol–water partition coefficient (Wildman–Crippen LogP) is 3.70. The summed E-state index contributed by atoms with van der Waals surface area (Å²) in [7, 11) is 1.63. The molecule has 0 aliphatic carbocycles. The van der Waals surface area contributed by atoms with Gasteiger partial charge >= 0.3 is 0 Å². The number of ether oxygens (including phenoxy) is 2. The van der Waals surface area contributed by atoms with Gasteiger partial charge in [-0.25, -0.2) is 0 Å². The maximum atomic E-state index is 6.23. The minimum atomic E-state index is -0.0380. The zero-order valence-electron chi connectivity index (χ0n) is 11.4. The molecule has 2 unspecified atom stereocenters. The quantitative estimate of drug-likeness (QED) is 0.896. The smallest absolute Gasteiger partial charge is 0.120 e. The van der Waals surface area contributed by atoms with E-state index < -0.39 is 0 Å². The van der Waals surface area contributed by atoms with Gasteiger partial charge in [0.05, 0.1) is 13.2 Å². The molecule has 0 spiro atoms. The van der Waals surface area contributed by atoms with E-state index in [-0.39, 0.29) is 6.04 Å². The number of nitrogens with two attached hydrogens (primary N) is 1. The van der Waals surface area contributed by atoms with Crippen LogP contribution in [0, 0.1) is 0 Å². The van der Waals surface area contributed by atoms with Gasteiger partial charge in [0.2, 0.25) is 0 Å². The molecule has 2 N–H and O–H groups in total. The van der Waals surface area contributed by atoms with Gasteiger partial charge in [0.1, 0.15) is 5.75 Å². The van der Waals surface area contributed by atoms with Crippen LogP contribution in [0.5, 0.6) is 5.75 Å². The van der Waals surface area contributed by atoms with Crippen LogP contribution < -0.4 is 10.5 Å². The van der Waals surface area contributed by atoms with E-state index in [1.165, 1.54) is 12.8 Å². The molecular formula is C15H22ClNO2. The summed E-state index contributed by atoms with van der Waals surface area (Å²) in [5.41, 5.74) is 7.21. The van der Waals surface area contributed by atoms with Crippen LogP contribution in [0.1, 0.15) is 43.7 Å². The van der Waals surface area contributed by atoms with E-state index in [1.54, 1.807) is 7.11 Å². The van der Waals surface area contributed by atoms with E-state index in [1.807, 2.05) is 18.2 Å². The Hall–Kier alpha value is -0.770. The molecule has 2 atom stereocenters. The molecule has 0 radical (unpaired) electrons. The molecule has 1 aromatic rings. The molecule has 1 saturated heterocycles. The lowest BCUT2D eigenvalue weighted by Crippen LogP contribution is -2.21. The highest BCUT2D eigenvalue weighted by molar-refractivity contribution is 6.31. The second kappa shape index (κ2) is 7.13. The first-order valence-electron chi connectivity index (χ1n) is 6.91. The maximum Gasteiger partial charge on any atom is 0.120 e. The van der Waals surface area contributed by atoms with Crippen molar-refractivity contribution in [1.82, 2.24) is 0 Å². The highest BCUT2D eigenvalue weighted by atomic mass is 35.5. The van der Waals surface area contributed by atoms with E-state index in [4.69, 9.17) is 26.8 Å². The van der Waals surface area contributed by atoms with Crippen molar-refractivity contribution in [1.29, 1.82) is 0 Å². The van der Waals surface area contributed by atoms with Gasteiger partial charge in [0, 0.05) is 17.7 Å². The summed E-state index contributed by atoms with van der Waals surface area (Å²) < 4.78 is 10.9. The van der Waals surface area contributed by atoms with Crippen LogP contribution >= 0.6 is 11.6 Å². The van der Waals surface area contributed by atoms with Crippen molar-refractivity contribution in [3.63, 3.8) is 0 Å². The average Bonchev–Trinajstić information content (AvgIpc) is 2.45. The first-order chi connectivity index (χ1) is 9.20. The van der Waals surface area contributed by atoms with Gasteiger partial charge in [0.25, 0.3) is 0 Å². The second-order valence-corrected chi connectivity index (χ2v) is 5.47. The zero-order chi connectivity index (χ0) is 13.7. The summed E-state index contributed by atoms with van der Waals surface area (Å²) >= 11 is 6.23. The summed E-state index contributed by atoms with van der Waals surface area (Å²) in [5.74, 6) is 0.761. The van der Waals surface area contributed by atoms with Crippen LogP contribution in [0.15, 0.2) is 18.2 Å². The van der Waals surface area contributed by atoms with Gasteiger partial charge in [-0.1, -0.05) is 17.7 Å². The van der Waals surface area contributed by atoms with Gasteiger partial charge in [-0.15, -0.1) is 0 Å². The van der Waals surface area contributed by atoms with Crippen molar-refractivity contribution < 1.29 is 9.47 Å². The Kier molecular flexibility index (Phi) is 5.49. The first-order valence-corrected chi connectivity index (χ1v) is 7.29. The van der Waals surface area contributed by atoms with E-state index in [0.29, 0.717) is 11.1 Å². The number of halogens is 1. The van der Waals surface area contributed by atoms with Crippen LogP contribution in [-0.2, 0) is 4.74 Å². The van der Waals surface area contributed by atoms with Crippen LogP contribution in [0.4, 0.5) is 0 Å². The van der Waals surface area contributed by atoms with Crippen LogP contribution in [0.3, 0.4) is 0 Å². The SMILES string of the molecule is COc1ccc(C(N)CCC2CCCCO2)c(Cl)c1. The molecule has 1 aliphatic rings. The first kappa shape index (κ1) is 14.6. The number of hydrogen-bond donors (Lipinski definition) is 1. The lowest BCUT2D eigenvalue weighted by molar-refractivity contribution is 0.00912. The van der Waals surface area contributed by atoms with Crippen molar-refractivity contribution in [2.45, 2.75) is 44.2 Å². The molecule has 19 heavy (non-hydrogen) atoms. The second-order valence-electron chi connectivity index (χ2n) is 5.06. The fourth-order valence-corrected chi connectivity index (χ4v) is 2.80. The molecule has 0 aromatic heterocycles. The molecule has 2 rings (SSSR count). The number of benzene rings is 1. The Labute approximate surface area is 120 Å². The van der Waals surface area contributed by atoms with E-state index in [2.05, 4.69) is 0 Å². The van der Waals surface area contributed by atoms with Crippen molar-refractivity contribution >= 4 is 11.6 Å². The van der Waals surface area contributed by atoms with Crippen LogP contribution in [0.25, 0.3) is 0 Å². The minimum Gasteiger partial charge on any atom is -0.497 e. The molecule has 0 amide bonds. The van der Waals surface area contributed by atoms with Crippen LogP contribution in [0.2, 0.25) is 5.02 Å². The number of methoxy groups -OCH3 is 1. The topological polar surface area (TPSA) is 44.5 Å². The fraction of sp³-hybridized carbons (Fsp3) is 0.600. The highest BCUT2D eigenvalue weighted by Crippen LogP contribution is 2.29. The molecule has 0 bridgehead atoms. The van der Waals surface area contributed by atoms with E-state index >= 15 is 0 Å². The molecule has 1 aromatic carbocycles. The standard InChI is InChI=1S/C15H22ClNO2/c1-18-12-5-7-13(14(16)10-12)15(17)8-6-11-4-2-3-9-19-11/h5,7,10-11,15H,2-4,6,8-9,17H2,1H3. The number of rotatable bonds is 5. The van der Waals surface area contributed by atoms with Crippen LogP contribution in [-0.4, -0.2) is 19.8 Å². The Bertz CT molecular complexity index is 405. The van der Waals surface area contributed by atoms with Gasteiger partial charge in [0.15, 0.2) is 0 Å². The normalized spacial score (nSPS) is 21.1. The average molecular weight is 284 g/mol. The summed E-state index contributed by atoms with van der Waals surface area (Å²) in [6.45, 7) is 0.892. The molecule has 0 saturated carbocycles. The van der Waals surface area contributed by atoms with Gasteiger partial charge in [-0.2, -0.15) is 0 Å². The van der Waals surface area contributed by atoms with E-state index in [0.717, 1.165) is 37.2 Å². The monoisotopic (exact) mass is 283 g/mol. The van der Waals surface area contributed by atoms with Gasteiger partial charge in [-0.3, -0.25) is 0 Å². The lowest BCUT2D eigenvalue weighted by atomic mass is 9.98. The Morgan fingerprint density at radius 2 is 2.32 bits per heavy atom. The summed E-state index contributed by atoms with van der Waals surface area (Å²) in [4.78, 5) is 0. The lowest BCUT2D eigenvalue weighted by Gasteiger charge is -2.24. The third-order valence-electron chi connectivity index (χ3n) is 3.68. The molecule has 106 valence electrons. The van der Waals surface area contributed by atoms with Gasteiger partial charge in [-0.05, 0) is 49.8 Å². The van der Waals surface area contributed by atoms with Crippen molar-refractivity contribution in [2.24, 2.45) is 5.73 Å². The Balaban J connectivity index is 1.89. The third-order valence-corrected chi connectivity index (χ3v) is 4.01. The predicted molar refractivity (Wildman–Crippen MR) is 77.8 cm³/mol. The molecular weight excluding hydrogens is 262 g/mol. The molecule has 4 heteroatoms. The highest BCUT2D eigenvalue weighted by Gasteiger charge is 2.17. The summed E-state index contributed by atoms with van der Waals surface area (Å²) in [6.07, 6.45) is 5.89. The number of hydrogen-bond acceptors (Lipinski definition) is 3. The third kappa shape index (κ3) is 4.10. The van der Waals surface area contributed by atoms with Crippen molar-refractivity contribution in [3.8, 4) is 5.75 Å². The largest absolute Gasteiger partial charge is 0.497 e. The zero-order valence-corrected chi connectivity index (χ0v) is 12.2. The fourth-order valence-electron chi connectivity index (χ4n) is 2.49. The molecule has 3 nitrogen and oxygen atoms in total. The molecule has 1 heterocycles. The Morgan fingerprint density at radius 3 is 2.95 bits per heavy atom. The molecule has 1 fully saturated rings. The van der Waals surface area contributed by atoms with Gasteiger partial charge < -0.3 is 15.2 Å². The minimum absolute atomic E-state index is 0.0380. The summed E-state index contributed by atoms with van der Waals surface area (Å²) in [5, 5.41) is 0.677. The summed E-state index contributed by atoms with van der Waals surface area (Å²) in [6, 6.07) is 5.63. The maximum absolute atomic E-state index is 6.23. The van der Waals surface area contributed by atoms with E-state index in [9.17, 15) is 0 Å². The van der Waals surface area contributed by atoms with Crippen molar-refractivity contribution in [3.05, 3.63) is 28.8 Å².